The molecule has 2 fully saturated rings. The first-order valence-corrected chi connectivity index (χ1v) is 8.61. The van der Waals surface area contributed by atoms with E-state index < -0.39 is 0 Å². The van der Waals surface area contributed by atoms with E-state index in [2.05, 4.69) is 20.4 Å². The summed E-state index contributed by atoms with van der Waals surface area (Å²) >= 11 is 0. The van der Waals surface area contributed by atoms with E-state index in [4.69, 9.17) is 4.42 Å². The molecule has 1 saturated carbocycles. The lowest BCUT2D eigenvalue weighted by molar-refractivity contribution is 0.0937. The first-order valence-electron chi connectivity index (χ1n) is 8.61. The van der Waals surface area contributed by atoms with Gasteiger partial charge in [0.05, 0.1) is 0 Å². The van der Waals surface area contributed by atoms with Crippen LogP contribution in [0.1, 0.15) is 35.5 Å². The fourth-order valence-corrected chi connectivity index (χ4v) is 3.26. The largest absolute Gasteiger partial charge is 0.421 e. The van der Waals surface area contributed by atoms with Gasteiger partial charge in [-0.3, -0.25) is 4.79 Å². The molecule has 1 aromatic heterocycles. The smallest absolute Gasteiger partial charge is 0.251 e. The van der Waals surface area contributed by atoms with Crippen LogP contribution in [0.2, 0.25) is 0 Å². The summed E-state index contributed by atoms with van der Waals surface area (Å²) in [6, 6.07) is 7.58. The van der Waals surface area contributed by atoms with Gasteiger partial charge in [0.15, 0.2) is 0 Å². The molecule has 0 bridgehead atoms. The summed E-state index contributed by atoms with van der Waals surface area (Å²) in [6.45, 7) is 4.99. The second kappa shape index (κ2) is 6.36. The normalized spacial score (nSPS) is 21.1. The molecule has 1 N–H and O–H groups in total. The second-order valence-electron chi connectivity index (χ2n) is 6.87. The van der Waals surface area contributed by atoms with Gasteiger partial charge in [-0.05, 0) is 43.4 Å². The number of carbonyl (C=O) groups excluding carboxylic acids is 1. The van der Waals surface area contributed by atoms with Crippen molar-refractivity contribution < 1.29 is 9.21 Å². The maximum absolute atomic E-state index is 12.5. The van der Waals surface area contributed by atoms with Crippen LogP contribution in [-0.2, 0) is 0 Å². The predicted molar refractivity (Wildman–Crippen MR) is 89.5 cm³/mol. The zero-order valence-corrected chi connectivity index (χ0v) is 13.9. The van der Waals surface area contributed by atoms with Gasteiger partial charge in [0.25, 0.3) is 5.91 Å². The number of amides is 1. The quantitative estimate of drug-likeness (QED) is 0.912. The first-order chi connectivity index (χ1) is 11.7. The minimum Gasteiger partial charge on any atom is -0.421 e. The highest BCUT2D eigenvalue weighted by Gasteiger charge is 2.29. The molecule has 1 aliphatic carbocycles. The summed E-state index contributed by atoms with van der Waals surface area (Å²) in [5.74, 6) is 1.82. The van der Waals surface area contributed by atoms with E-state index in [1.54, 1.807) is 13.0 Å². The molecule has 2 aliphatic rings. The van der Waals surface area contributed by atoms with Crippen molar-refractivity contribution in [3.63, 3.8) is 0 Å². The monoisotopic (exact) mass is 326 g/mol. The number of likely N-dealkylation sites (tertiary alicyclic amines) is 1. The van der Waals surface area contributed by atoms with Gasteiger partial charge in [-0.2, -0.15) is 0 Å². The van der Waals surface area contributed by atoms with Crippen LogP contribution in [-0.4, -0.2) is 46.7 Å². The number of aromatic nitrogens is 2. The standard InChI is InChI=1S/C18H22N4O2/c1-12-20-21-18(24-12)15-4-2-3-14(9-15)17(23)19-16-7-8-22(11-16)10-13-5-6-13/h2-4,9,13,16H,5-8,10-11H2,1H3,(H,19,23)/t16-/m0/s1. The van der Waals surface area contributed by atoms with E-state index in [-0.39, 0.29) is 11.9 Å². The van der Waals surface area contributed by atoms with Crippen molar-refractivity contribution in [2.24, 2.45) is 5.92 Å². The Bertz CT molecular complexity index is 738. The summed E-state index contributed by atoms with van der Waals surface area (Å²) in [7, 11) is 0. The van der Waals surface area contributed by atoms with Crippen molar-refractivity contribution in [1.82, 2.24) is 20.4 Å². The van der Waals surface area contributed by atoms with E-state index in [1.165, 1.54) is 19.4 Å². The molecular formula is C18H22N4O2. The molecule has 24 heavy (non-hydrogen) atoms. The summed E-state index contributed by atoms with van der Waals surface area (Å²) in [4.78, 5) is 15.0. The van der Waals surface area contributed by atoms with Gasteiger partial charge in [-0.25, -0.2) is 0 Å². The second-order valence-corrected chi connectivity index (χ2v) is 6.87. The van der Waals surface area contributed by atoms with Crippen molar-refractivity contribution in [2.45, 2.75) is 32.2 Å². The Labute approximate surface area is 141 Å². The molecule has 2 heterocycles. The third-order valence-electron chi connectivity index (χ3n) is 4.72. The molecule has 126 valence electrons. The number of nitrogens with one attached hydrogen (secondary N) is 1. The molecule has 1 amide bonds. The van der Waals surface area contributed by atoms with Gasteiger partial charge >= 0.3 is 0 Å². The van der Waals surface area contributed by atoms with Crippen LogP contribution in [0, 0.1) is 12.8 Å². The SMILES string of the molecule is Cc1nnc(-c2cccc(C(=O)N[C@H]3CCN(CC4CC4)C3)c2)o1. The van der Waals surface area contributed by atoms with E-state index in [0.29, 0.717) is 17.3 Å². The number of aryl methyl sites for hydroxylation is 1. The Balaban J connectivity index is 1.39. The highest BCUT2D eigenvalue weighted by Crippen LogP contribution is 2.30. The molecule has 6 heteroatoms. The van der Waals surface area contributed by atoms with Crippen molar-refractivity contribution in [3.05, 3.63) is 35.7 Å². The van der Waals surface area contributed by atoms with Crippen LogP contribution in [0.15, 0.2) is 28.7 Å². The highest BCUT2D eigenvalue weighted by atomic mass is 16.4. The Morgan fingerprint density at radius 2 is 2.21 bits per heavy atom. The zero-order chi connectivity index (χ0) is 16.5. The van der Waals surface area contributed by atoms with Crippen LogP contribution in [0.3, 0.4) is 0 Å². The van der Waals surface area contributed by atoms with Gasteiger partial charge in [0.2, 0.25) is 11.8 Å². The number of rotatable bonds is 5. The lowest BCUT2D eigenvalue weighted by Crippen LogP contribution is -2.37. The third-order valence-corrected chi connectivity index (χ3v) is 4.72. The average Bonchev–Trinajstić information content (AvgIpc) is 3.11. The van der Waals surface area contributed by atoms with Gasteiger partial charge < -0.3 is 14.6 Å². The van der Waals surface area contributed by atoms with Crippen molar-refractivity contribution in [3.8, 4) is 11.5 Å². The third kappa shape index (κ3) is 3.48. The topological polar surface area (TPSA) is 71.3 Å². The Morgan fingerprint density at radius 3 is 2.96 bits per heavy atom. The summed E-state index contributed by atoms with van der Waals surface area (Å²) < 4.78 is 5.43. The maximum Gasteiger partial charge on any atom is 0.251 e. The molecule has 1 saturated heterocycles. The van der Waals surface area contributed by atoms with Crippen LogP contribution in [0.25, 0.3) is 11.5 Å². The molecule has 2 aromatic rings. The molecule has 1 aliphatic heterocycles. The van der Waals surface area contributed by atoms with Crippen molar-refractivity contribution in [1.29, 1.82) is 0 Å². The Morgan fingerprint density at radius 1 is 1.33 bits per heavy atom. The molecule has 0 radical (unpaired) electrons. The molecule has 1 aromatic carbocycles. The minimum absolute atomic E-state index is 0.0358. The maximum atomic E-state index is 12.5. The number of benzene rings is 1. The van der Waals surface area contributed by atoms with Gasteiger partial charge in [0.1, 0.15) is 0 Å². The zero-order valence-electron chi connectivity index (χ0n) is 13.9. The van der Waals surface area contributed by atoms with Gasteiger partial charge in [0, 0.05) is 43.7 Å². The summed E-state index contributed by atoms with van der Waals surface area (Å²) in [5.41, 5.74) is 1.40. The summed E-state index contributed by atoms with van der Waals surface area (Å²) in [6.07, 6.45) is 3.77. The van der Waals surface area contributed by atoms with Crippen LogP contribution in [0.4, 0.5) is 0 Å². The van der Waals surface area contributed by atoms with Crippen molar-refractivity contribution >= 4 is 5.91 Å². The lowest BCUT2D eigenvalue weighted by Gasteiger charge is -2.16. The number of nitrogens with zero attached hydrogens (tertiary/aromatic N) is 3. The highest BCUT2D eigenvalue weighted by molar-refractivity contribution is 5.95. The fraction of sp³-hybridized carbons (Fsp3) is 0.500. The van der Waals surface area contributed by atoms with Crippen LogP contribution >= 0.6 is 0 Å². The number of carbonyl (C=O) groups is 1. The molecular weight excluding hydrogens is 304 g/mol. The van der Waals surface area contributed by atoms with E-state index in [1.807, 2.05) is 18.2 Å². The van der Waals surface area contributed by atoms with Crippen molar-refractivity contribution in [2.75, 3.05) is 19.6 Å². The molecule has 6 nitrogen and oxygen atoms in total. The van der Waals surface area contributed by atoms with E-state index in [0.717, 1.165) is 31.0 Å². The molecule has 0 unspecified atom stereocenters. The number of hydrogen-bond acceptors (Lipinski definition) is 5. The summed E-state index contributed by atoms with van der Waals surface area (Å²) in [5, 5.41) is 11.0. The van der Waals surface area contributed by atoms with Gasteiger partial charge in [-0.15, -0.1) is 10.2 Å². The van der Waals surface area contributed by atoms with Gasteiger partial charge in [-0.1, -0.05) is 6.07 Å². The fourth-order valence-electron chi connectivity index (χ4n) is 3.26. The average molecular weight is 326 g/mol. The number of hydrogen-bond donors (Lipinski definition) is 1. The Hall–Kier alpha value is -2.21. The first kappa shape index (κ1) is 15.3. The minimum atomic E-state index is -0.0358. The van der Waals surface area contributed by atoms with Crippen LogP contribution in [0.5, 0.6) is 0 Å². The molecule has 1 atom stereocenters. The Kier molecular flexibility index (Phi) is 4.06. The molecule has 4 rings (SSSR count). The lowest BCUT2D eigenvalue weighted by atomic mass is 10.1. The molecule has 0 spiro atoms. The van der Waals surface area contributed by atoms with E-state index in [9.17, 15) is 4.79 Å². The van der Waals surface area contributed by atoms with E-state index >= 15 is 0 Å². The van der Waals surface area contributed by atoms with Crippen LogP contribution < -0.4 is 5.32 Å². The predicted octanol–water partition coefficient (Wildman–Crippen LogP) is 2.26.